The van der Waals surface area contributed by atoms with Crippen LogP contribution in [0.4, 0.5) is 13.2 Å². The molecule has 1 aromatic carbocycles. The van der Waals surface area contributed by atoms with Crippen LogP contribution in [0, 0.1) is 17.5 Å². The van der Waals surface area contributed by atoms with E-state index in [0.717, 1.165) is 5.56 Å². The highest BCUT2D eigenvalue weighted by Crippen LogP contribution is 2.24. The van der Waals surface area contributed by atoms with Crippen LogP contribution in [0.25, 0.3) is 0 Å². The van der Waals surface area contributed by atoms with E-state index in [0.29, 0.717) is 18.6 Å². The second kappa shape index (κ2) is 5.44. The Morgan fingerprint density at radius 1 is 1.21 bits per heavy atom. The van der Waals surface area contributed by atoms with Gasteiger partial charge in [0.05, 0.1) is 12.3 Å². The van der Waals surface area contributed by atoms with Gasteiger partial charge < -0.3 is 5.11 Å². The molecular weight excluding hydrogens is 257 g/mol. The van der Waals surface area contributed by atoms with Crippen molar-refractivity contribution in [2.24, 2.45) is 7.05 Å². The molecule has 1 atom stereocenters. The Labute approximate surface area is 108 Å². The molecule has 2 rings (SSSR count). The zero-order valence-corrected chi connectivity index (χ0v) is 10.3. The van der Waals surface area contributed by atoms with Gasteiger partial charge in [0.25, 0.3) is 0 Å². The smallest absolute Gasteiger partial charge is 0.161 e. The molecule has 0 saturated heterocycles. The fourth-order valence-corrected chi connectivity index (χ4v) is 1.85. The summed E-state index contributed by atoms with van der Waals surface area (Å²) < 4.78 is 40.8. The number of benzene rings is 1. The number of aliphatic hydroxyl groups is 1. The molecule has 0 saturated carbocycles. The van der Waals surface area contributed by atoms with Crippen molar-refractivity contribution >= 4 is 0 Å². The topological polar surface area (TPSA) is 38.0 Å². The zero-order chi connectivity index (χ0) is 14.0. The van der Waals surface area contributed by atoms with Gasteiger partial charge in [-0.1, -0.05) is 0 Å². The molecule has 0 aliphatic rings. The van der Waals surface area contributed by atoms with Crippen molar-refractivity contribution < 1.29 is 18.3 Å². The van der Waals surface area contributed by atoms with Gasteiger partial charge in [0.1, 0.15) is 5.82 Å². The van der Waals surface area contributed by atoms with E-state index in [4.69, 9.17) is 0 Å². The number of aryl methyl sites for hydroxylation is 2. The summed E-state index contributed by atoms with van der Waals surface area (Å²) in [5.74, 6) is -3.38. The quantitative estimate of drug-likeness (QED) is 0.867. The maximum Gasteiger partial charge on any atom is 0.161 e. The third-order valence-electron chi connectivity index (χ3n) is 2.86. The lowest BCUT2D eigenvalue weighted by Gasteiger charge is -2.11. The van der Waals surface area contributed by atoms with Gasteiger partial charge in [0, 0.05) is 24.9 Å². The first-order valence-electron chi connectivity index (χ1n) is 5.77. The predicted molar refractivity (Wildman–Crippen MR) is 62.8 cm³/mol. The normalized spacial score (nSPS) is 12.7. The first-order valence-corrected chi connectivity index (χ1v) is 5.77. The summed E-state index contributed by atoms with van der Waals surface area (Å²) in [7, 11) is 1.76. The number of hydrogen-bond acceptors (Lipinski definition) is 2. The van der Waals surface area contributed by atoms with E-state index in [2.05, 4.69) is 5.10 Å². The summed E-state index contributed by atoms with van der Waals surface area (Å²) in [4.78, 5) is 0. The van der Waals surface area contributed by atoms with Crippen LogP contribution in [0.3, 0.4) is 0 Å². The van der Waals surface area contributed by atoms with E-state index < -0.39 is 23.6 Å². The molecule has 0 bridgehead atoms. The molecule has 19 heavy (non-hydrogen) atoms. The van der Waals surface area contributed by atoms with Crippen molar-refractivity contribution in [1.82, 2.24) is 9.78 Å². The fourth-order valence-electron chi connectivity index (χ4n) is 1.85. The molecular formula is C13H13F3N2O. The molecule has 2 aromatic rings. The molecule has 1 aromatic heterocycles. The highest BCUT2D eigenvalue weighted by atomic mass is 19.2. The van der Waals surface area contributed by atoms with Crippen molar-refractivity contribution in [3.63, 3.8) is 0 Å². The predicted octanol–water partition coefficient (Wildman–Crippen LogP) is 2.50. The van der Waals surface area contributed by atoms with E-state index in [-0.39, 0.29) is 12.0 Å². The van der Waals surface area contributed by atoms with Crippen LogP contribution in [-0.4, -0.2) is 14.9 Å². The van der Waals surface area contributed by atoms with Crippen LogP contribution in [0.1, 0.15) is 23.7 Å². The number of aromatic nitrogens is 2. The average molecular weight is 270 g/mol. The van der Waals surface area contributed by atoms with Crippen molar-refractivity contribution in [2.45, 2.75) is 18.9 Å². The van der Waals surface area contributed by atoms with Gasteiger partial charge in [0.2, 0.25) is 0 Å². The molecule has 0 aliphatic carbocycles. The average Bonchev–Trinajstić information content (AvgIpc) is 2.77. The Hall–Kier alpha value is -1.82. The Morgan fingerprint density at radius 3 is 2.53 bits per heavy atom. The molecule has 0 amide bonds. The summed E-state index contributed by atoms with van der Waals surface area (Å²) >= 11 is 0. The molecule has 0 aliphatic heterocycles. The summed E-state index contributed by atoms with van der Waals surface area (Å²) in [5.41, 5.74) is 0.646. The van der Waals surface area contributed by atoms with E-state index in [1.807, 2.05) is 0 Å². The monoisotopic (exact) mass is 270 g/mol. The standard InChI is InChI=1S/C13H13F3N2O/c1-18-7-8(6-17-18)2-3-13(19)9-4-11(15)12(16)5-10(9)14/h4-7,13,19H,2-3H2,1H3. The van der Waals surface area contributed by atoms with E-state index in [1.54, 1.807) is 24.1 Å². The highest BCUT2D eigenvalue weighted by Gasteiger charge is 2.17. The molecule has 0 radical (unpaired) electrons. The van der Waals surface area contributed by atoms with Crippen LogP contribution in [-0.2, 0) is 13.5 Å². The number of hydrogen-bond donors (Lipinski definition) is 1. The minimum Gasteiger partial charge on any atom is -0.388 e. The molecule has 1 heterocycles. The van der Waals surface area contributed by atoms with E-state index in [1.165, 1.54) is 0 Å². The largest absolute Gasteiger partial charge is 0.388 e. The second-order valence-corrected chi connectivity index (χ2v) is 4.36. The summed E-state index contributed by atoms with van der Waals surface area (Å²) in [6.07, 6.45) is 2.89. The summed E-state index contributed by atoms with van der Waals surface area (Å²) in [6, 6.07) is 1.14. The Kier molecular flexibility index (Phi) is 3.90. The molecule has 0 spiro atoms. The number of rotatable bonds is 4. The van der Waals surface area contributed by atoms with Gasteiger partial charge >= 0.3 is 0 Å². The number of aliphatic hydroxyl groups excluding tert-OH is 1. The van der Waals surface area contributed by atoms with Gasteiger partial charge in [-0.05, 0) is 24.5 Å². The van der Waals surface area contributed by atoms with Crippen LogP contribution in [0.2, 0.25) is 0 Å². The molecule has 1 N–H and O–H groups in total. The maximum atomic E-state index is 13.4. The van der Waals surface area contributed by atoms with Gasteiger partial charge in [-0.2, -0.15) is 5.10 Å². The fraction of sp³-hybridized carbons (Fsp3) is 0.308. The van der Waals surface area contributed by atoms with Crippen molar-refractivity contribution in [3.05, 3.63) is 53.1 Å². The lowest BCUT2D eigenvalue weighted by atomic mass is 10.0. The van der Waals surface area contributed by atoms with Crippen molar-refractivity contribution in [3.8, 4) is 0 Å². The van der Waals surface area contributed by atoms with Crippen LogP contribution < -0.4 is 0 Å². The van der Waals surface area contributed by atoms with E-state index in [9.17, 15) is 18.3 Å². The number of halogens is 3. The Bertz CT molecular complexity index is 583. The van der Waals surface area contributed by atoms with Gasteiger partial charge in [-0.3, -0.25) is 4.68 Å². The van der Waals surface area contributed by atoms with Gasteiger partial charge in [-0.15, -0.1) is 0 Å². The zero-order valence-electron chi connectivity index (χ0n) is 10.3. The Morgan fingerprint density at radius 2 is 1.89 bits per heavy atom. The maximum absolute atomic E-state index is 13.4. The minimum atomic E-state index is -1.26. The van der Waals surface area contributed by atoms with Crippen molar-refractivity contribution in [1.29, 1.82) is 0 Å². The summed E-state index contributed by atoms with van der Waals surface area (Å²) in [6.45, 7) is 0. The molecule has 102 valence electrons. The molecule has 6 heteroatoms. The van der Waals surface area contributed by atoms with Crippen LogP contribution in [0.5, 0.6) is 0 Å². The first kappa shape index (κ1) is 13.6. The third kappa shape index (κ3) is 3.14. The summed E-state index contributed by atoms with van der Waals surface area (Å²) in [5, 5.41) is 13.8. The lowest BCUT2D eigenvalue weighted by molar-refractivity contribution is 0.162. The minimum absolute atomic E-state index is 0.202. The molecule has 1 unspecified atom stereocenters. The van der Waals surface area contributed by atoms with Gasteiger partial charge in [-0.25, -0.2) is 13.2 Å². The first-order chi connectivity index (χ1) is 8.97. The molecule has 3 nitrogen and oxygen atoms in total. The Balaban J connectivity index is 2.07. The van der Waals surface area contributed by atoms with E-state index >= 15 is 0 Å². The van der Waals surface area contributed by atoms with Crippen LogP contribution in [0.15, 0.2) is 24.5 Å². The lowest BCUT2D eigenvalue weighted by Crippen LogP contribution is -2.04. The third-order valence-corrected chi connectivity index (χ3v) is 2.86. The van der Waals surface area contributed by atoms with Crippen molar-refractivity contribution in [2.75, 3.05) is 0 Å². The van der Waals surface area contributed by atoms with Gasteiger partial charge in [0.15, 0.2) is 11.6 Å². The molecule has 0 fully saturated rings. The highest BCUT2D eigenvalue weighted by molar-refractivity contribution is 5.22. The SMILES string of the molecule is Cn1cc(CCC(O)c2cc(F)c(F)cc2F)cn1. The van der Waals surface area contributed by atoms with Crippen LogP contribution >= 0.6 is 0 Å². The number of nitrogens with zero attached hydrogens (tertiary/aromatic N) is 2. The second-order valence-electron chi connectivity index (χ2n) is 4.36.